The van der Waals surface area contributed by atoms with Gasteiger partial charge >= 0.3 is 6.09 Å². The summed E-state index contributed by atoms with van der Waals surface area (Å²) in [5.41, 5.74) is -0.291. The van der Waals surface area contributed by atoms with Gasteiger partial charge in [0.15, 0.2) is 0 Å². The van der Waals surface area contributed by atoms with Crippen molar-refractivity contribution in [2.24, 2.45) is 0 Å². The zero-order valence-corrected chi connectivity index (χ0v) is 9.37. The van der Waals surface area contributed by atoms with Crippen molar-refractivity contribution in [3.8, 4) is 0 Å². The molecular weight excluding hydrogens is 291 g/mol. The Morgan fingerprint density at radius 1 is 1.60 bits per heavy atom. The number of carbonyl (C=O) groups is 1. The zero-order valence-electron chi connectivity index (χ0n) is 7.03. The lowest BCUT2D eigenvalue weighted by Crippen LogP contribution is -2.07. The number of nitrogens with zero attached hydrogens (tertiary/aromatic N) is 1. The van der Waals surface area contributed by atoms with Gasteiger partial charge in [-0.15, -0.1) is 0 Å². The van der Waals surface area contributed by atoms with Gasteiger partial charge in [-0.3, -0.25) is 15.4 Å². The minimum atomic E-state index is -1.31. The molecule has 0 radical (unpaired) electrons. The third kappa shape index (κ3) is 2.80. The van der Waals surface area contributed by atoms with Gasteiger partial charge in [0.1, 0.15) is 5.02 Å². The summed E-state index contributed by atoms with van der Waals surface area (Å²) in [6.07, 6.45) is -1.31. The van der Waals surface area contributed by atoms with Crippen molar-refractivity contribution < 1.29 is 14.8 Å². The first-order valence-corrected chi connectivity index (χ1v) is 4.72. The van der Waals surface area contributed by atoms with Gasteiger partial charge in [0.05, 0.1) is 10.6 Å². The van der Waals surface area contributed by atoms with E-state index in [1.54, 1.807) is 0 Å². The van der Waals surface area contributed by atoms with E-state index in [9.17, 15) is 14.9 Å². The summed E-state index contributed by atoms with van der Waals surface area (Å²) in [4.78, 5) is 20.2. The van der Waals surface area contributed by atoms with Crippen LogP contribution in [0.4, 0.5) is 16.2 Å². The van der Waals surface area contributed by atoms with Gasteiger partial charge in [-0.1, -0.05) is 11.6 Å². The normalized spacial score (nSPS) is 9.73. The number of benzene rings is 1. The van der Waals surface area contributed by atoms with E-state index in [1.165, 1.54) is 6.07 Å². The average Bonchev–Trinajstić information content (AvgIpc) is 2.09. The Morgan fingerprint density at radius 3 is 2.67 bits per heavy atom. The molecular formula is C7H4BrClN2O4. The smallest absolute Gasteiger partial charge is 0.409 e. The summed E-state index contributed by atoms with van der Waals surface area (Å²) in [5.74, 6) is 0. The molecule has 1 rings (SSSR count). The molecule has 0 aliphatic rings. The number of nitro benzene ring substituents is 1. The number of hydrogen-bond donors (Lipinski definition) is 2. The molecule has 0 spiro atoms. The summed E-state index contributed by atoms with van der Waals surface area (Å²) >= 11 is 8.62. The number of hydrogen-bond acceptors (Lipinski definition) is 3. The van der Waals surface area contributed by atoms with E-state index in [4.69, 9.17) is 16.7 Å². The Bertz CT molecular complexity index is 437. The molecule has 1 aromatic rings. The first kappa shape index (κ1) is 11.7. The minimum absolute atomic E-state index is 0.0732. The Balaban J connectivity index is 3.23. The van der Waals surface area contributed by atoms with Gasteiger partial charge in [-0.25, -0.2) is 4.79 Å². The van der Waals surface area contributed by atoms with Crippen LogP contribution in [0.15, 0.2) is 16.6 Å². The third-order valence-electron chi connectivity index (χ3n) is 1.46. The van der Waals surface area contributed by atoms with Crippen molar-refractivity contribution in [3.05, 3.63) is 31.7 Å². The first-order valence-electron chi connectivity index (χ1n) is 3.55. The van der Waals surface area contributed by atoms with E-state index in [-0.39, 0.29) is 20.9 Å². The van der Waals surface area contributed by atoms with Crippen LogP contribution in [-0.4, -0.2) is 16.1 Å². The van der Waals surface area contributed by atoms with Gasteiger partial charge < -0.3 is 5.11 Å². The molecule has 0 aliphatic carbocycles. The van der Waals surface area contributed by atoms with Crippen molar-refractivity contribution >= 4 is 45.0 Å². The molecule has 1 aromatic carbocycles. The van der Waals surface area contributed by atoms with E-state index in [2.05, 4.69) is 15.9 Å². The maximum Gasteiger partial charge on any atom is 0.409 e. The van der Waals surface area contributed by atoms with Crippen molar-refractivity contribution in [3.63, 3.8) is 0 Å². The summed E-state index contributed by atoms with van der Waals surface area (Å²) in [5, 5.41) is 20.9. The number of carboxylic acid groups (broad SMARTS) is 1. The predicted octanol–water partition coefficient (Wildman–Crippen LogP) is 3.10. The van der Waals surface area contributed by atoms with Crippen LogP contribution in [0, 0.1) is 10.1 Å². The molecule has 0 aromatic heterocycles. The molecule has 0 aliphatic heterocycles. The molecule has 0 unspecified atom stereocenters. The molecule has 6 nitrogen and oxygen atoms in total. The molecule has 15 heavy (non-hydrogen) atoms. The Kier molecular flexibility index (Phi) is 3.48. The van der Waals surface area contributed by atoms with Crippen molar-refractivity contribution in [1.29, 1.82) is 0 Å². The number of anilines is 1. The van der Waals surface area contributed by atoms with Gasteiger partial charge in [-0.2, -0.15) is 0 Å². The Hall–Kier alpha value is -1.34. The number of nitrogens with one attached hydrogen (secondary N) is 1. The van der Waals surface area contributed by atoms with Gasteiger partial charge in [-0.05, 0) is 22.0 Å². The fraction of sp³-hybridized carbons (Fsp3) is 0. The van der Waals surface area contributed by atoms with Gasteiger partial charge in [0.25, 0.3) is 5.69 Å². The molecule has 1 amide bonds. The fourth-order valence-electron chi connectivity index (χ4n) is 0.903. The Labute approximate surface area is 97.1 Å². The monoisotopic (exact) mass is 294 g/mol. The molecule has 0 saturated carbocycles. The first-order chi connectivity index (χ1) is 6.91. The molecule has 0 bridgehead atoms. The van der Waals surface area contributed by atoms with E-state index in [0.29, 0.717) is 0 Å². The summed E-state index contributed by atoms with van der Waals surface area (Å²) in [6.45, 7) is 0. The second kappa shape index (κ2) is 4.45. The highest BCUT2D eigenvalue weighted by Crippen LogP contribution is 2.35. The SMILES string of the molecule is O=C(O)Nc1cc(Br)c(Cl)c([N+](=O)[O-])c1. The molecule has 2 N–H and O–H groups in total. The second-order valence-electron chi connectivity index (χ2n) is 2.48. The highest BCUT2D eigenvalue weighted by atomic mass is 79.9. The summed E-state index contributed by atoms with van der Waals surface area (Å²) in [6, 6.07) is 2.38. The minimum Gasteiger partial charge on any atom is -0.465 e. The molecule has 8 heteroatoms. The van der Waals surface area contributed by atoms with E-state index in [1.807, 2.05) is 5.32 Å². The van der Waals surface area contributed by atoms with Crippen LogP contribution in [0.1, 0.15) is 0 Å². The third-order valence-corrected chi connectivity index (χ3v) is 2.71. The highest BCUT2D eigenvalue weighted by molar-refractivity contribution is 9.10. The molecule has 0 atom stereocenters. The van der Waals surface area contributed by atoms with Crippen molar-refractivity contribution in [1.82, 2.24) is 0 Å². The molecule has 0 fully saturated rings. The molecule has 0 heterocycles. The van der Waals surface area contributed by atoms with Crippen LogP contribution in [0.25, 0.3) is 0 Å². The largest absolute Gasteiger partial charge is 0.465 e. The van der Waals surface area contributed by atoms with Crippen LogP contribution in [0.3, 0.4) is 0 Å². The maximum atomic E-state index is 10.5. The summed E-state index contributed by atoms with van der Waals surface area (Å²) < 4.78 is 0.252. The topological polar surface area (TPSA) is 92.5 Å². The predicted molar refractivity (Wildman–Crippen MR) is 57.5 cm³/mol. The lowest BCUT2D eigenvalue weighted by Gasteiger charge is -2.03. The lowest BCUT2D eigenvalue weighted by molar-refractivity contribution is -0.384. The van der Waals surface area contributed by atoms with Crippen LogP contribution < -0.4 is 5.32 Å². The van der Waals surface area contributed by atoms with Crippen LogP contribution in [0.2, 0.25) is 5.02 Å². The number of nitro groups is 1. The summed E-state index contributed by atoms with van der Waals surface area (Å²) in [7, 11) is 0. The standard InChI is InChI=1S/C7H4BrClN2O4/c8-4-1-3(10-7(12)13)2-5(6(4)9)11(14)15/h1-2,10H,(H,12,13). The van der Waals surface area contributed by atoms with Crippen molar-refractivity contribution in [2.75, 3.05) is 5.32 Å². The Morgan fingerprint density at radius 2 is 2.20 bits per heavy atom. The maximum absolute atomic E-state index is 10.5. The van der Waals surface area contributed by atoms with E-state index < -0.39 is 11.0 Å². The van der Waals surface area contributed by atoms with Crippen LogP contribution in [0.5, 0.6) is 0 Å². The zero-order chi connectivity index (χ0) is 11.6. The number of amides is 1. The van der Waals surface area contributed by atoms with Crippen molar-refractivity contribution in [2.45, 2.75) is 0 Å². The number of halogens is 2. The lowest BCUT2D eigenvalue weighted by atomic mass is 10.3. The highest BCUT2D eigenvalue weighted by Gasteiger charge is 2.17. The van der Waals surface area contributed by atoms with Gasteiger partial charge in [0.2, 0.25) is 0 Å². The molecule has 80 valence electrons. The van der Waals surface area contributed by atoms with Crippen LogP contribution in [-0.2, 0) is 0 Å². The molecule has 0 saturated heterocycles. The van der Waals surface area contributed by atoms with Gasteiger partial charge in [0, 0.05) is 10.5 Å². The second-order valence-corrected chi connectivity index (χ2v) is 3.71. The number of rotatable bonds is 2. The average molecular weight is 295 g/mol. The van der Waals surface area contributed by atoms with Crippen LogP contribution >= 0.6 is 27.5 Å². The quantitative estimate of drug-likeness (QED) is 0.647. The van der Waals surface area contributed by atoms with E-state index in [0.717, 1.165) is 6.07 Å². The van der Waals surface area contributed by atoms with E-state index >= 15 is 0 Å². The fourth-order valence-corrected chi connectivity index (χ4v) is 1.53.